The summed E-state index contributed by atoms with van der Waals surface area (Å²) in [4.78, 5) is 0. The molecule has 15 heavy (non-hydrogen) atoms. The molecule has 0 radical (unpaired) electrons. The van der Waals surface area contributed by atoms with E-state index in [0.717, 1.165) is 30.4 Å². The van der Waals surface area contributed by atoms with Crippen LogP contribution in [0.4, 0.5) is 0 Å². The van der Waals surface area contributed by atoms with E-state index in [9.17, 15) is 0 Å². The Labute approximate surface area is 89.1 Å². The minimum absolute atomic E-state index is 0.971. The van der Waals surface area contributed by atoms with Gasteiger partial charge in [0, 0.05) is 10.8 Å². The van der Waals surface area contributed by atoms with Crippen LogP contribution in [0.25, 0.3) is 17.7 Å². The Morgan fingerprint density at radius 1 is 1.27 bits per heavy atom. The van der Waals surface area contributed by atoms with Crippen LogP contribution in [0, 0.1) is 0 Å². The fourth-order valence-corrected chi connectivity index (χ4v) is 2.34. The lowest BCUT2D eigenvalue weighted by Gasteiger charge is -2.07. The molecule has 2 aliphatic rings. The van der Waals surface area contributed by atoms with Gasteiger partial charge in [-0.1, -0.05) is 24.3 Å². The highest BCUT2D eigenvalue weighted by atomic mass is 16.3. The van der Waals surface area contributed by atoms with E-state index in [-0.39, 0.29) is 0 Å². The predicted molar refractivity (Wildman–Crippen MR) is 62.6 cm³/mol. The highest BCUT2D eigenvalue weighted by molar-refractivity contribution is 5.65. The molecule has 0 atom stereocenters. The van der Waals surface area contributed by atoms with Gasteiger partial charge in [0.25, 0.3) is 0 Å². The van der Waals surface area contributed by atoms with Crippen molar-refractivity contribution in [1.29, 1.82) is 0 Å². The van der Waals surface area contributed by atoms with Gasteiger partial charge in [-0.15, -0.1) is 0 Å². The molecule has 0 fully saturated rings. The van der Waals surface area contributed by atoms with Crippen molar-refractivity contribution in [2.24, 2.45) is 0 Å². The standard InChI is InChI=1S/C14H14O/c1-10-6-5-8-12-11-7-3-2-4-9-13(11)15-14(10)12/h2-3,6-7,9H,4-5,8H2,1H3. The monoisotopic (exact) mass is 198 g/mol. The van der Waals surface area contributed by atoms with Crippen LogP contribution in [0.15, 0.2) is 22.6 Å². The molecule has 1 heterocycles. The van der Waals surface area contributed by atoms with E-state index in [4.69, 9.17) is 4.42 Å². The third-order valence-electron chi connectivity index (χ3n) is 3.12. The van der Waals surface area contributed by atoms with Crippen molar-refractivity contribution >= 4 is 17.7 Å². The maximum Gasteiger partial charge on any atom is 0.133 e. The largest absolute Gasteiger partial charge is 0.456 e. The van der Waals surface area contributed by atoms with E-state index in [1.54, 1.807) is 0 Å². The van der Waals surface area contributed by atoms with Crippen LogP contribution in [0.2, 0.25) is 0 Å². The van der Waals surface area contributed by atoms with Crippen molar-refractivity contribution < 1.29 is 4.42 Å². The molecular formula is C14H14O. The van der Waals surface area contributed by atoms with E-state index in [0.29, 0.717) is 0 Å². The molecule has 0 saturated heterocycles. The van der Waals surface area contributed by atoms with Gasteiger partial charge in [0.2, 0.25) is 0 Å². The van der Waals surface area contributed by atoms with Gasteiger partial charge in [0.15, 0.2) is 0 Å². The highest BCUT2D eigenvalue weighted by Crippen LogP contribution is 2.22. The molecular weight excluding hydrogens is 184 g/mol. The summed E-state index contributed by atoms with van der Waals surface area (Å²) in [7, 11) is 0. The van der Waals surface area contributed by atoms with E-state index in [2.05, 4.69) is 37.3 Å². The molecule has 1 heteroatoms. The smallest absolute Gasteiger partial charge is 0.133 e. The van der Waals surface area contributed by atoms with E-state index in [1.165, 1.54) is 16.4 Å². The fourth-order valence-electron chi connectivity index (χ4n) is 2.34. The van der Waals surface area contributed by atoms with Gasteiger partial charge in [-0.25, -0.2) is 0 Å². The summed E-state index contributed by atoms with van der Waals surface area (Å²) in [6, 6.07) is 0. The van der Waals surface area contributed by atoms with Crippen LogP contribution in [0.5, 0.6) is 0 Å². The number of fused-ring (bicyclic) bond motifs is 3. The second-order valence-electron chi connectivity index (χ2n) is 4.15. The van der Waals surface area contributed by atoms with Crippen LogP contribution in [-0.2, 0) is 6.42 Å². The molecule has 0 bridgehead atoms. The van der Waals surface area contributed by atoms with E-state index < -0.39 is 0 Å². The van der Waals surface area contributed by atoms with E-state index >= 15 is 0 Å². The Morgan fingerprint density at radius 2 is 2.20 bits per heavy atom. The molecule has 0 aromatic carbocycles. The summed E-state index contributed by atoms with van der Waals surface area (Å²) < 4.78 is 5.93. The number of furan rings is 1. The highest BCUT2D eigenvalue weighted by Gasteiger charge is 2.15. The average Bonchev–Trinajstić information content (AvgIpc) is 2.45. The molecule has 0 N–H and O–H groups in total. The fraction of sp³-hybridized carbons (Fsp3) is 0.286. The van der Waals surface area contributed by atoms with E-state index in [1.807, 2.05) is 0 Å². The van der Waals surface area contributed by atoms with Crippen LogP contribution in [-0.4, -0.2) is 0 Å². The minimum atomic E-state index is 0.971. The van der Waals surface area contributed by atoms with Crippen LogP contribution < -0.4 is 10.6 Å². The van der Waals surface area contributed by atoms with Crippen molar-refractivity contribution in [3.8, 4) is 0 Å². The van der Waals surface area contributed by atoms with Crippen molar-refractivity contribution in [1.82, 2.24) is 0 Å². The number of hydrogen-bond donors (Lipinski definition) is 0. The van der Waals surface area contributed by atoms with Gasteiger partial charge >= 0.3 is 0 Å². The third-order valence-corrected chi connectivity index (χ3v) is 3.12. The maximum absolute atomic E-state index is 5.93. The Balaban J connectivity index is 2.38. The molecule has 0 unspecified atom stereocenters. The van der Waals surface area contributed by atoms with Gasteiger partial charge in [-0.2, -0.15) is 0 Å². The second kappa shape index (κ2) is 3.27. The Bertz CT molecular complexity index is 567. The quantitative estimate of drug-likeness (QED) is 0.622. The van der Waals surface area contributed by atoms with Crippen LogP contribution in [0.1, 0.15) is 31.1 Å². The van der Waals surface area contributed by atoms with Crippen LogP contribution in [0.3, 0.4) is 0 Å². The summed E-state index contributed by atoms with van der Waals surface area (Å²) in [6.45, 7) is 2.14. The molecule has 1 nitrogen and oxygen atoms in total. The topological polar surface area (TPSA) is 13.1 Å². The molecule has 0 amide bonds. The average molecular weight is 198 g/mol. The Morgan fingerprint density at radius 3 is 3.13 bits per heavy atom. The third kappa shape index (κ3) is 1.30. The molecule has 1 aromatic rings. The summed E-state index contributed by atoms with van der Waals surface area (Å²) >= 11 is 0. The van der Waals surface area contributed by atoms with Gasteiger partial charge < -0.3 is 4.42 Å². The summed E-state index contributed by atoms with van der Waals surface area (Å²) in [5.41, 5.74) is 3.74. The predicted octanol–water partition coefficient (Wildman–Crippen LogP) is 2.15. The van der Waals surface area contributed by atoms with Gasteiger partial charge in [0.05, 0.1) is 0 Å². The van der Waals surface area contributed by atoms with Crippen molar-refractivity contribution in [2.45, 2.75) is 26.2 Å². The summed E-state index contributed by atoms with van der Waals surface area (Å²) in [5, 5.41) is 1.30. The SMILES string of the molecule is CC1=CCCc2c1oc1c2=CC=CCC=1. The van der Waals surface area contributed by atoms with Crippen molar-refractivity contribution in [3.63, 3.8) is 0 Å². The summed E-state index contributed by atoms with van der Waals surface area (Å²) in [5.74, 6) is 1.11. The molecule has 0 aliphatic heterocycles. The first-order valence-corrected chi connectivity index (χ1v) is 5.52. The zero-order valence-electron chi connectivity index (χ0n) is 8.92. The molecule has 1 aromatic heterocycles. The normalized spacial score (nSPS) is 18.1. The zero-order chi connectivity index (χ0) is 10.3. The Kier molecular flexibility index (Phi) is 1.91. The molecule has 76 valence electrons. The lowest BCUT2D eigenvalue weighted by Crippen LogP contribution is -2.22. The molecule has 0 saturated carbocycles. The van der Waals surface area contributed by atoms with Gasteiger partial charge in [-0.3, -0.25) is 0 Å². The zero-order valence-corrected chi connectivity index (χ0v) is 8.92. The molecule has 0 spiro atoms. The van der Waals surface area contributed by atoms with Crippen molar-refractivity contribution in [3.05, 3.63) is 40.2 Å². The molecule has 3 rings (SSSR count). The number of hydrogen-bond acceptors (Lipinski definition) is 1. The van der Waals surface area contributed by atoms with Crippen molar-refractivity contribution in [2.75, 3.05) is 0 Å². The first-order chi connectivity index (χ1) is 7.36. The number of allylic oxidation sites excluding steroid dienone is 4. The first-order valence-electron chi connectivity index (χ1n) is 5.52. The summed E-state index contributed by atoms with van der Waals surface area (Å²) in [6.07, 6.45) is 14.1. The Hall–Kier alpha value is -1.50. The lowest BCUT2D eigenvalue weighted by molar-refractivity contribution is 0.513. The lowest BCUT2D eigenvalue weighted by atomic mass is 9.97. The maximum atomic E-state index is 5.93. The molecule has 2 aliphatic carbocycles. The van der Waals surface area contributed by atoms with Gasteiger partial charge in [0.1, 0.15) is 11.2 Å². The first kappa shape index (κ1) is 8.78. The van der Waals surface area contributed by atoms with Crippen LogP contribution >= 0.6 is 0 Å². The second-order valence-corrected chi connectivity index (χ2v) is 4.15. The number of rotatable bonds is 0. The minimum Gasteiger partial charge on any atom is -0.456 e. The van der Waals surface area contributed by atoms with Gasteiger partial charge in [-0.05, 0) is 37.8 Å².